The smallest absolute Gasteiger partial charge is 0.336 e. The molecule has 2 aromatic rings. The SMILES string of the molecule is CC(C)COCCCNS(=O)(=O)c1ccc2oc(=O)ccc2c1. The van der Waals surface area contributed by atoms with E-state index in [-0.39, 0.29) is 4.90 Å². The van der Waals surface area contributed by atoms with Gasteiger partial charge in [-0.25, -0.2) is 17.9 Å². The van der Waals surface area contributed by atoms with Crippen molar-refractivity contribution in [3.05, 3.63) is 40.8 Å². The fourth-order valence-electron chi connectivity index (χ4n) is 2.00. The maximum atomic E-state index is 12.2. The number of hydrogen-bond donors (Lipinski definition) is 1. The van der Waals surface area contributed by atoms with Gasteiger partial charge in [0.1, 0.15) is 5.58 Å². The molecule has 1 heterocycles. The first-order valence-electron chi connectivity index (χ1n) is 7.50. The van der Waals surface area contributed by atoms with Crippen LogP contribution in [0, 0.1) is 5.92 Å². The number of sulfonamides is 1. The third-order valence-electron chi connectivity index (χ3n) is 3.11. The molecule has 0 saturated carbocycles. The maximum absolute atomic E-state index is 12.2. The average Bonchev–Trinajstić information content (AvgIpc) is 2.49. The highest BCUT2D eigenvalue weighted by atomic mass is 32.2. The van der Waals surface area contributed by atoms with Crippen molar-refractivity contribution in [2.24, 2.45) is 5.92 Å². The van der Waals surface area contributed by atoms with Crippen LogP contribution in [-0.4, -0.2) is 28.2 Å². The highest BCUT2D eigenvalue weighted by molar-refractivity contribution is 7.89. The minimum Gasteiger partial charge on any atom is -0.423 e. The molecule has 7 heteroatoms. The molecule has 0 fully saturated rings. The summed E-state index contributed by atoms with van der Waals surface area (Å²) in [7, 11) is -3.59. The lowest BCUT2D eigenvalue weighted by molar-refractivity contribution is 0.108. The van der Waals surface area contributed by atoms with Crippen molar-refractivity contribution in [2.45, 2.75) is 25.2 Å². The van der Waals surface area contributed by atoms with Gasteiger partial charge in [-0.05, 0) is 36.6 Å². The van der Waals surface area contributed by atoms with E-state index in [4.69, 9.17) is 9.15 Å². The lowest BCUT2D eigenvalue weighted by Crippen LogP contribution is -2.25. The van der Waals surface area contributed by atoms with Gasteiger partial charge in [-0.15, -0.1) is 0 Å². The van der Waals surface area contributed by atoms with Gasteiger partial charge in [0.2, 0.25) is 10.0 Å². The summed E-state index contributed by atoms with van der Waals surface area (Å²) in [5.41, 5.74) is -0.105. The summed E-state index contributed by atoms with van der Waals surface area (Å²) < 4.78 is 37.4. The van der Waals surface area contributed by atoms with E-state index in [0.717, 1.165) is 0 Å². The van der Waals surface area contributed by atoms with Crippen LogP contribution in [0.3, 0.4) is 0 Å². The minimum absolute atomic E-state index is 0.141. The maximum Gasteiger partial charge on any atom is 0.336 e. The second-order valence-electron chi connectivity index (χ2n) is 5.67. The summed E-state index contributed by atoms with van der Waals surface area (Å²) in [6, 6.07) is 7.19. The van der Waals surface area contributed by atoms with Gasteiger partial charge in [0.25, 0.3) is 0 Å². The van der Waals surface area contributed by atoms with Gasteiger partial charge in [-0.1, -0.05) is 13.8 Å². The molecule has 0 unspecified atom stereocenters. The van der Waals surface area contributed by atoms with Crippen molar-refractivity contribution in [3.63, 3.8) is 0 Å². The number of ether oxygens (including phenoxy) is 1. The van der Waals surface area contributed by atoms with Gasteiger partial charge in [-0.3, -0.25) is 0 Å². The van der Waals surface area contributed by atoms with Crippen molar-refractivity contribution in [2.75, 3.05) is 19.8 Å². The molecule has 0 amide bonds. The summed E-state index contributed by atoms with van der Waals surface area (Å²) in [4.78, 5) is 11.3. The Hall–Kier alpha value is -1.70. The standard InChI is InChI=1S/C16H21NO5S/c1-12(2)11-21-9-3-8-17-23(19,20)14-5-6-15-13(10-14)4-7-16(18)22-15/h4-7,10,12,17H,3,8-9,11H2,1-2H3. The molecule has 126 valence electrons. The summed E-state index contributed by atoms with van der Waals surface area (Å²) in [6.07, 6.45) is 0.606. The van der Waals surface area contributed by atoms with E-state index in [1.807, 2.05) is 0 Å². The molecule has 6 nitrogen and oxygen atoms in total. The Morgan fingerprint density at radius 3 is 2.74 bits per heavy atom. The zero-order valence-electron chi connectivity index (χ0n) is 13.2. The first-order chi connectivity index (χ1) is 10.9. The van der Waals surface area contributed by atoms with E-state index in [2.05, 4.69) is 18.6 Å². The Kier molecular flexibility index (Phi) is 5.92. The van der Waals surface area contributed by atoms with E-state index >= 15 is 0 Å². The first-order valence-corrected chi connectivity index (χ1v) is 8.98. The summed E-state index contributed by atoms with van der Waals surface area (Å²) >= 11 is 0. The molecule has 0 radical (unpaired) electrons. The topological polar surface area (TPSA) is 85.6 Å². The highest BCUT2D eigenvalue weighted by Crippen LogP contribution is 2.17. The van der Waals surface area contributed by atoms with E-state index in [1.165, 1.54) is 24.3 Å². The molecule has 0 aliphatic rings. The van der Waals surface area contributed by atoms with E-state index in [9.17, 15) is 13.2 Å². The highest BCUT2D eigenvalue weighted by Gasteiger charge is 2.14. The molecule has 0 bridgehead atoms. The Morgan fingerprint density at radius 2 is 2.00 bits per heavy atom. The third-order valence-corrected chi connectivity index (χ3v) is 4.57. The second kappa shape index (κ2) is 7.72. The van der Waals surface area contributed by atoms with Crippen molar-refractivity contribution in [3.8, 4) is 0 Å². The lowest BCUT2D eigenvalue weighted by Gasteiger charge is -2.09. The molecule has 0 saturated heterocycles. The predicted molar refractivity (Wildman–Crippen MR) is 87.9 cm³/mol. The summed E-state index contributed by atoms with van der Waals surface area (Å²) in [5.74, 6) is 0.462. The first kappa shape index (κ1) is 17.7. The van der Waals surface area contributed by atoms with Gasteiger partial charge in [-0.2, -0.15) is 0 Å². The van der Waals surface area contributed by atoms with Gasteiger partial charge < -0.3 is 9.15 Å². The number of rotatable bonds is 8. The Bertz CT molecular complexity index is 811. The normalized spacial score (nSPS) is 12.1. The van der Waals surface area contributed by atoms with Gasteiger partial charge >= 0.3 is 5.63 Å². The summed E-state index contributed by atoms with van der Waals surface area (Å²) in [5, 5.41) is 0.563. The van der Waals surface area contributed by atoms with E-state index < -0.39 is 15.6 Å². The van der Waals surface area contributed by atoms with E-state index in [0.29, 0.717) is 43.1 Å². The lowest BCUT2D eigenvalue weighted by atomic mass is 10.2. The molecule has 0 spiro atoms. The molecule has 1 aromatic heterocycles. The van der Waals surface area contributed by atoms with Crippen molar-refractivity contribution >= 4 is 21.0 Å². The van der Waals surface area contributed by atoms with Crippen LogP contribution in [0.1, 0.15) is 20.3 Å². The Morgan fingerprint density at radius 1 is 1.22 bits per heavy atom. The molecule has 1 aromatic carbocycles. The van der Waals surface area contributed by atoms with Crippen LogP contribution in [-0.2, 0) is 14.8 Å². The predicted octanol–water partition coefficient (Wildman–Crippen LogP) is 2.13. The molecular weight excluding hydrogens is 318 g/mol. The quantitative estimate of drug-likeness (QED) is 0.588. The van der Waals surface area contributed by atoms with Crippen LogP contribution in [0.2, 0.25) is 0 Å². The zero-order chi connectivity index (χ0) is 16.9. The van der Waals surface area contributed by atoms with Gasteiger partial charge in [0.15, 0.2) is 0 Å². The van der Waals surface area contributed by atoms with Crippen LogP contribution in [0.5, 0.6) is 0 Å². The largest absolute Gasteiger partial charge is 0.423 e. The van der Waals surface area contributed by atoms with Crippen LogP contribution >= 0.6 is 0 Å². The van der Waals surface area contributed by atoms with Gasteiger partial charge in [0, 0.05) is 31.2 Å². The number of hydrogen-bond acceptors (Lipinski definition) is 5. The minimum atomic E-state index is -3.59. The number of benzene rings is 1. The fraction of sp³-hybridized carbons (Fsp3) is 0.438. The molecule has 0 aliphatic carbocycles. The van der Waals surface area contributed by atoms with Crippen molar-refractivity contribution in [1.82, 2.24) is 4.72 Å². The zero-order valence-corrected chi connectivity index (χ0v) is 14.1. The fourth-order valence-corrected chi connectivity index (χ4v) is 3.11. The second-order valence-corrected chi connectivity index (χ2v) is 7.44. The van der Waals surface area contributed by atoms with Crippen LogP contribution in [0.4, 0.5) is 0 Å². The van der Waals surface area contributed by atoms with Crippen molar-refractivity contribution < 1.29 is 17.6 Å². The number of fused-ring (bicyclic) bond motifs is 1. The van der Waals surface area contributed by atoms with Crippen LogP contribution < -0.4 is 10.3 Å². The van der Waals surface area contributed by atoms with Crippen molar-refractivity contribution in [1.29, 1.82) is 0 Å². The Balaban J connectivity index is 1.96. The molecule has 2 rings (SSSR count). The molecule has 0 aliphatic heterocycles. The number of nitrogens with one attached hydrogen (secondary N) is 1. The Labute approximate surface area is 135 Å². The molecule has 0 atom stereocenters. The third kappa shape index (κ3) is 5.16. The molecule has 23 heavy (non-hydrogen) atoms. The monoisotopic (exact) mass is 339 g/mol. The average molecular weight is 339 g/mol. The van der Waals surface area contributed by atoms with E-state index in [1.54, 1.807) is 6.07 Å². The van der Waals surface area contributed by atoms with Crippen LogP contribution in [0.25, 0.3) is 11.0 Å². The van der Waals surface area contributed by atoms with Gasteiger partial charge in [0.05, 0.1) is 4.90 Å². The molecular formula is C16H21NO5S. The molecule has 1 N–H and O–H groups in total. The summed E-state index contributed by atoms with van der Waals surface area (Å²) in [6.45, 7) is 5.61. The van der Waals surface area contributed by atoms with Crippen LogP contribution in [0.15, 0.2) is 44.4 Å².